The summed E-state index contributed by atoms with van der Waals surface area (Å²) < 4.78 is 0.502. The number of amidine groups is 1. The number of hydrogen-bond acceptors (Lipinski definition) is 3. The molecule has 0 bridgehead atoms. The molecule has 0 spiro atoms. The molecule has 0 radical (unpaired) electrons. The van der Waals surface area contributed by atoms with Gasteiger partial charge in [-0.1, -0.05) is 0 Å². The zero-order valence-corrected chi connectivity index (χ0v) is 8.59. The summed E-state index contributed by atoms with van der Waals surface area (Å²) in [7, 11) is 0. The van der Waals surface area contributed by atoms with Crippen LogP contribution in [0, 0.1) is 5.41 Å². The second kappa shape index (κ2) is 4.34. The number of hydrogen-bond donors (Lipinski definition) is 2. The monoisotopic (exact) mass is 240 g/mol. The Labute approximate surface area is 75.1 Å². The van der Waals surface area contributed by atoms with E-state index in [4.69, 9.17) is 11.1 Å². The van der Waals surface area contributed by atoms with Crippen LogP contribution in [-0.2, 0) is 0 Å². The van der Waals surface area contributed by atoms with Gasteiger partial charge < -0.3 is 0 Å². The van der Waals surface area contributed by atoms with Crippen LogP contribution in [0.2, 0.25) is 5.32 Å². The fourth-order valence-electron chi connectivity index (χ4n) is 0.536. The maximum atomic E-state index is 7.04. The van der Waals surface area contributed by atoms with Crippen LogP contribution in [-0.4, -0.2) is 24.7 Å². The molecule has 0 aromatic heterocycles. The molecule has 1 unspecified atom stereocenters. The fraction of sp³-hybridized carbons (Fsp3) is 0.400. The average Bonchev–Trinajstić information content (AvgIpc) is 1.88. The van der Waals surface area contributed by atoms with Gasteiger partial charge in [0.25, 0.3) is 0 Å². The number of nitrogens with two attached hydrogens (primary N) is 1. The third kappa shape index (κ3) is 3.01. The molecule has 0 amide bonds. The van der Waals surface area contributed by atoms with Crippen LogP contribution in [0.5, 0.6) is 0 Å². The van der Waals surface area contributed by atoms with Crippen LogP contribution in [0.4, 0.5) is 0 Å². The van der Waals surface area contributed by atoms with Crippen LogP contribution in [0.15, 0.2) is 10.4 Å². The standard InChI is InChI=1S/C5H8N2S2Se/c6-5(7)9-4-3-10-2-1-8-4/h1-2,4H,3H2,(H3,6,7). The summed E-state index contributed by atoms with van der Waals surface area (Å²) in [6.45, 7) is 0. The fourth-order valence-corrected chi connectivity index (χ4v) is 5.21. The number of nitrogens with one attached hydrogen (secondary N) is 1. The van der Waals surface area contributed by atoms with Crippen molar-refractivity contribution >= 4 is 43.6 Å². The van der Waals surface area contributed by atoms with Crippen LogP contribution >= 0.6 is 23.5 Å². The first-order valence-electron chi connectivity index (χ1n) is 2.72. The molecule has 2 nitrogen and oxygen atoms in total. The molecule has 0 aromatic rings. The van der Waals surface area contributed by atoms with Gasteiger partial charge in [-0.25, -0.2) is 0 Å². The number of thioether (sulfide) groups is 2. The summed E-state index contributed by atoms with van der Waals surface area (Å²) in [5, 5.41) is 10.6. The van der Waals surface area contributed by atoms with Crippen molar-refractivity contribution < 1.29 is 0 Å². The molecule has 10 heavy (non-hydrogen) atoms. The van der Waals surface area contributed by atoms with E-state index in [-0.39, 0.29) is 5.17 Å². The molecular weight excluding hydrogens is 231 g/mol. The molecule has 5 heteroatoms. The van der Waals surface area contributed by atoms with Crippen molar-refractivity contribution in [1.82, 2.24) is 0 Å². The second-order valence-corrected chi connectivity index (χ2v) is 6.28. The van der Waals surface area contributed by atoms with E-state index < -0.39 is 0 Å². The van der Waals surface area contributed by atoms with Crippen LogP contribution in [0.25, 0.3) is 0 Å². The van der Waals surface area contributed by atoms with E-state index in [1.165, 1.54) is 17.1 Å². The Balaban J connectivity index is 2.28. The predicted octanol–water partition coefficient (Wildman–Crippen LogP) is 1.28. The van der Waals surface area contributed by atoms with Gasteiger partial charge >= 0.3 is 75.1 Å². The molecule has 0 saturated carbocycles. The Morgan fingerprint density at radius 1 is 1.90 bits per heavy atom. The second-order valence-electron chi connectivity index (χ2n) is 1.65. The van der Waals surface area contributed by atoms with Gasteiger partial charge in [0, 0.05) is 0 Å². The molecule has 0 saturated heterocycles. The average molecular weight is 239 g/mol. The van der Waals surface area contributed by atoms with Gasteiger partial charge in [-0.2, -0.15) is 0 Å². The molecule has 1 aliphatic rings. The Morgan fingerprint density at radius 2 is 2.70 bits per heavy atom. The summed E-state index contributed by atoms with van der Waals surface area (Å²) in [5.41, 5.74) is 5.24. The van der Waals surface area contributed by atoms with Crippen molar-refractivity contribution in [3.05, 3.63) is 10.4 Å². The SMILES string of the molecule is N=C(N)SC1C[Se]C=CS1. The van der Waals surface area contributed by atoms with Crippen molar-refractivity contribution in [2.75, 3.05) is 0 Å². The molecule has 1 atom stereocenters. The van der Waals surface area contributed by atoms with E-state index in [1.54, 1.807) is 11.8 Å². The molecule has 3 N–H and O–H groups in total. The quantitative estimate of drug-likeness (QED) is 0.411. The first-order chi connectivity index (χ1) is 4.79. The first kappa shape index (κ1) is 8.53. The van der Waals surface area contributed by atoms with Gasteiger partial charge in [0.15, 0.2) is 0 Å². The summed E-state index contributed by atoms with van der Waals surface area (Å²) >= 11 is 3.87. The van der Waals surface area contributed by atoms with Gasteiger partial charge in [-0.05, 0) is 0 Å². The summed E-state index contributed by atoms with van der Waals surface area (Å²) in [6.07, 6.45) is 0. The Hall–Kier alpha value is 0.429. The van der Waals surface area contributed by atoms with Crippen molar-refractivity contribution in [2.45, 2.75) is 9.90 Å². The van der Waals surface area contributed by atoms with Gasteiger partial charge in [0.05, 0.1) is 0 Å². The van der Waals surface area contributed by atoms with E-state index in [1.807, 2.05) is 0 Å². The van der Waals surface area contributed by atoms with Crippen molar-refractivity contribution in [1.29, 1.82) is 5.41 Å². The minimum absolute atomic E-state index is 0.239. The van der Waals surface area contributed by atoms with E-state index in [2.05, 4.69) is 10.4 Å². The third-order valence-corrected chi connectivity index (χ3v) is 6.08. The van der Waals surface area contributed by atoms with E-state index >= 15 is 0 Å². The molecule has 1 aliphatic heterocycles. The zero-order valence-electron chi connectivity index (χ0n) is 5.24. The summed E-state index contributed by atoms with van der Waals surface area (Å²) in [5.74, 6) is 0. The van der Waals surface area contributed by atoms with E-state index in [0.717, 1.165) is 0 Å². The van der Waals surface area contributed by atoms with E-state index in [9.17, 15) is 0 Å². The molecular formula is C5H8N2S2Se. The molecule has 0 aliphatic carbocycles. The van der Waals surface area contributed by atoms with E-state index in [0.29, 0.717) is 19.5 Å². The van der Waals surface area contributed by atoms with Gasteiger partial charge in [-0.3, -0.25) is 0 Å². The maximum absolute atomic E-state index is 7.04. The summed E-state index contributed by atoms with van der Waals surface area (Å²) in [4.78, 5) is 2.22. The summed E-state index contributed by atoms with van der Waals surface area (Å²) in [6, 6.07) is 0. The minimum atomic E-state index is 0.239. The Kier molecular flexibility index (Phi) is 3.70. The molecule has 56 valence electrons. The normalized spacial score (nSPS) is 24.6. The Bertz CT molecular complexity index is 160. The van der Waals surface area contributed by atoms with Crippen LogP contribution in [0.1, 0.15) is 0 Å². The zero-order chi connectivity index (χ0) is 7.40. The molecule has 1 rings (SSSR count). The Morgan fingerprint density at radius 3 is 3.20 bits per heavy atom. The van der Waals surface area contributed by atoms with Gasteiger partial charge in [0.2, 0.25) is 0 Å². The molecule has 1 heterocycles. The molecule has 0 fully saturated rings. The third-order valence-electron chi connectivity index (χ3n) is 0.873. The van der Waals surface area contributed by atoms with Crippen molar-refractivity contribution in [3.63, 3.8) is 0 Å². The van der Waals surface area contributed by atoms with Gasteiger partial charge in [0.1, 0.15) is 0 Å². The topological polar surface area (TPSA) is 49.9 Å². The van der Waals surface area contributed by atoms with Crippen molar-refractivity contribution in [3.8, 4) is 0 Å². The predicted molar refractivity (Wildman–Crippen MR) is 50.6 cm³/mol. The first-order valence-corrected chi connectivity index (χ1v) is 6.74. The van der Waals surface area contributed by atoms with Gasteiger partial charge in [-0.15, -0.1) is 0 Å². The van der Waals surface area contributed by atoms with Crippen molar-refractivity contribution in [2.24, 2.45) is 5.73 Å². The molecule has 0 aromatic carbocycles. The number of rotatable bonds is 1. The van der Waals surface area contributed by atoms with Crippen LogP contribution in [0.3, 0.4) is 0 Å². The van der Waals surface area contributed by atoms with Crippen LogP contribution < -0.4 is 5.73 Å².